The van der Waals surface area contributed by atoms with Crippen molar-refractivity contribution in [3.05, 3.63) is 53.1 Å². The number of likely N-dealkylation sites (N-methyl/N-ethyl adjacent to an activating group) is 1. The van der Waals surface area contributed by atoms with E-state index in [0.717, 1.165) is 59.1 Å². The van der Waals surface area contributed by atoms with E-state index in [1.54, 1.807) is 0 Å². The van der Waals surface area contributed by atoms with Crippen LogP contribution in [0.25, 0.3) is 21.1 Å². The molecule has 1 aliphatic heterocycles. The number of urea groups is 1. The van der Waals surface area contributed by atoms with Crippen molar-refractivity contribution in [3.63, 3.8) is 0 Å². The molecule has 1 fully saturated rings. The number of carbonyl (C=O) groups excluding carboxylic acids is 1. The predicted molar refractivity (Wildman–Crippen MR) is 145 cm³/mol. The van der Waals surface area contributed by atoms with Gasteiger partial charge < -0.3 is 19.9 Å². The first-order chi connectivity index (χ1) is 17.8. The normalized spacial score (nSPS) is 18.8. The standard InChI is InChI=1S/C28H32N6O2S/c1-17(2)36-25-11-8-18(14-19(25)15-29)26-31-32-27(37-26)23-7-5-6-22-21(23)9-10-24(22)30-28(35)34-13-12-20(16-34)33(3)4/h5-8,11,14,17,20,24H,9-10,12-13,16H2,1-4H3,(H,30,35)/t20?,24-/m1/s1. The minimum atomic E-state index is -0.00909. The first kappa shape index (κ1) is 25.2. The molecule has 0 radical (unpaired) electrons. The van der Waals surface area contributed by atoms with Crippen molar-refractivity contribution in [2.24, 2.45) is 0 Å². The summed E-state index contributed by atoms with van der Waals surface area (Å²) in [5, 5.41) is 23.4. The van der Waals surface area contributed by atoms with Gasteiger partial charge in [0.1, 0.15) is 21.8 Å². The van der Waals surface area contributed by atoms with Crippen molar-refractivity contribution < 1.29 is 9.53 Å². The van der Waals surface area contributed by atoms with Crippen molar-refractivity contribution >= 4 is 17.4 Å². The Labute approximate surface area is 221 Å². The largest absolute Gasteiger partial charge is 0.490 e. The van der Waals surface area contributed by atoms with Crippen LogP contribution in [0.3, 0.4) is 0 Å². The summed E-state index contributed by atoms with van der Waals surface area (Å²) < 4.78 is 5.75. The number of amides is 2. The molecule has 0 saturated carbocycles. The van der Waals surface area contributed by atoms with Crippen LogP contribution in [0.1, 0.15) is 49.4 Å². The summed E-state index contributed by atoms with van der Waals surface area (Å²) in [5.41, 5.74) is 4.77. The van der Waals surface area contributed by atoms with E-state index in [0.29, 0.717) is 17.4 Å². The Morgan fingerprint density at radius 3 is 2.76 bits per heavy atom. The maximum atomic E-state index is 13.0. The lowest BCUT2D eigenvalue weighted by atomic mass is 10.0. The second kappa shape index (κ2) is 10.5. The highest BCUT2D eigenvalue weighted by Crippen LogP contribution is 2.40. The molecule has 5 rings (SSSR count). The monoisotopic (exact) mass is 516 g/mol. The molecule has 1 unspecified atom stereocenters. The molecule has 37 heavy (non-hydrogen) atoms. The van der Waals surface area contributed by atoms with Crippen LogP contribution in [0.2, 0.25) is 0 Å². The zero-order valence-corrected chi connectivity index (χ0v) is 22.5. The summed E-state index contributed by atoms with van der Waals surface area (Å²) >= 11 is 1.51. The van der Waals surface area contributed by atoms with Crippen LogP contribution in [0.15, 0.2) is 36.4 Å². The molecule has 1 aromatic heterocycles. The summed E-state index contributed by atoms with van der Waals surface area (Å²) in [7, 11) is 4.14. The van der Waals surface area contributed by atoms with E-state index in [9.17, 15) is 10.1 Å². The van der Waals surface area contributed by atoms with Gasteiger partial charge in [0.15, 0.2) is 0 Å². The van der Waals surface area contributed by atoms with Gasteiger partial charge in [-0.05, 0) is 76.5 Å². The summed E-state index contributed by atoms with van der Waals surface area (Å²) in [6.07, 6.45) is 2.75. The maximum Gasteiger partial charge on any atom is 0.317 e. The van der Waals surface area contributed by atoms with E-state index < -0.39 is 0 Å². The summed E-state index contributed by atoms with van der Waals surface area (Å²) in [5.74, 6) is 0.575. The molecule has 0 spiro atoms. The molecular weight excluding hydrogens is 484 g/mol. The summed E-state index contributed by atoms with van der Waals surface area (Å²) in [6, 6.07) is 14.4. The number of nitrogens with zero attached hydrogens (tertiary/aromatic N) is 5. The zero-order chi connectivity index (χ0) is 26.1. The lowest BCUT2D eigenvalue weighted by Crippen LogP contribution is -2.41. The lowest BCUT2D eigenvalue weighted by molar-refractivity contribution is 0.199. The number of rotatable bonds is 6. The summed E-state index contributed by atoms with van der Waals surface area (Å²) in [6.45, 7) is 5.44. The van der Waals surface area contributed by atoms with Gasteiger partial charge in [0.2, 0.25) is 0 Å². The number of hydrogen-bond donors (Lipinski definition) is 1. The fraction of sp³-hybridized carbons (Fsp3) is 0.429. The average molecular weight is 517 g/mol. The molecule has 1 N–H and O–H groups in total. The van der Waals surface area contributed by atoms with E-state index in [1.807, 2.05) is 43.0 Å². The molecular formula is C28H32N6O2S. The van der Waals surface area contributed by atoms with Gasteiger partial charge >= 0.3 is 6.03 Å². The fourth-order valence-corrected chi connectivity index (χ4v) is 6.04. The number of nitrogens with one attached hydrogen (secondary N) is 1. The van der Waals surface area contributed by atoms with E-state index in [4.69, 9.17) is 4.74 Å². The van der Waals surface area contributed by atoms with Gasteiger partial charge in [-0.25, -0.2) is 4.79 Å². The molecule has 2 heterocycles. The summed E-state index contributed by atoms with van der Waals surface area (Å²) in [4.78, 5) is 17.1. The second-order valence-corrected chi connectivity index (χ2v) is 11.1. The van der Waals surface area contributed by atoms with E-state index in [1.165, 1.54) is 16.9 Å². The Balaban J connectivity index is 1.34. The molecule has 2 aliphatic rings. The number of hydrogen-bond acceptors (Lipinski definition) is 7. The van der Waals surface area contributed by atoms with Crippen LogP contribution in [0, 0.1) is 11.3 Å². The Hall–Kier alpha value is -3.48. The van der Waals surface area contributed by atoms with Crippen molar-refractivity contribution in [2.45, 2.75) is 51.3 Å². The van der Waals surface area contributed by atoms with Gasteiger partial charge in [-0.15, -0.1) is 10.2 Å². The Morgan fingerprint density at radius 1 is 1.22 bits per heavy atom. The van der Waals surface area contributed by atoms with Crippen LogP contribution in [0.5, 0.6) is 5.75 Å². The second-order valence-electron chi connectivity index (χ2n) is 10.2. The Bertz CT molecular complexity index is 1340. The molecule has 0 bridgehead atoms. The van der Waals surface area contributed by atoms with Crippen molar-refractivity contribution in [2.75, 3.05) is 27.2 Å². The van der Waals surface area contributed by atoms with Gasteiger partial charge in [-0.3, -0.25) is 0 Å². The topological polar surface area (TPSA) is 94.4 Å². The number of ether oxygens (including phenoxy) is 1. The molecule has 8 nitrogen and oxygen atoms in total. The van der Waals surface area contributed by atoms with Gasteiger partial charge in [0.25, 0.3) is 0 Å². The number of fused-ring (bicyclic) bond motifs is 1. The molecule has 9 heteroatoms. The number of nitriles is 1. The quantitative estimate of drug-likeness (QED) is 0.503. The van der Waals surface area contributed by atoms with Gasteiger partial charge in [0, 0.05) is 30.3 Å². The first-order valence-corrected chi connectivity index (χ1v) is 13.5. The third-order valence-electron chi connectivity index (χ3n) is 7.11. The van der Waals surface area contributed by atoms with Crippen LogP contribution in [0.4, 0.5) is 4.79 Å². The fourth-order valence-electron chi connectivity index (χ4n) is 5.15. The van der Waals surface area contributed by atoms with E-state index >= 15 is 0 Å². The molecule has 2 atom stereocenters. The third-order valence-corrected chi connectivity index (χ3v) is 8.12. The molecule has 2 amide bonds. The van der Waals surface area contributed by atoms with Gasteiger partial charge in [0.05, 0.1) is 17.7 Å². The van der Waals surface area contributed by atoms with E-state index in [2.05, 4.69) is 52.7 Å². The minimum Gasteiger partial charge on any atom is -0.490 e. The van der Waals surface area contributed by atoms with E-state index in [-0.39, 0.29) is 18.2 Å². The Morgan fingerprint density at radius 2 is 2.03 bits per heavy atom. The SMILES string of the molecule is CC(C)Oc1ccc(-c2nnc(-c3cccc4c3CC[C@H]4NC(=O)N3CCC(N(C)C)C3)s2)cc1C#N. The molecule has 192 valence electrons. The first-order valence-electron chi connectivity index (χ1n) is 12.7. The molecule has 1 saturated heterocycles. The predicted octanol–water partition coefficient (Wildman–Crippen LogP) is 4.86. The van der Waals surface area contributed by atoms with Crippen molar-refractivity contribution in [1.82, 2.24) is 25.3 Å². The van der Waals surface area contributed by atoms with Crippen LogP contribution >= 0.6 is 11.3 Å². The van der Waals surface area contributed by atoms with Gasteiger partial charge in [-0.2, -0.15) is 5.26 Å². The van der Waals surface area contributed by atoms with Gasteiger partial charge in [-0.1, -0.05) is 29.5 Å². The molecule has 1 aliphatic carbocycles. The number of aromatic nitrogens is 2. The highest BCUT2D eigenvalue weighted by molar-refractivity contribution is 7.17. The smallest absolute Gasteiger partial charge is 0.317 e. The zero-order valence-electron chi connectivity index (χ0n) is 21.7. The van der Waals surface area contributed by atoms with Crippen molar-refractivity contribution in [1.29, 1.82) is 5.26 Å². The number of carbonyl (C=O) groups is 1. The number of likely N-dealkylation sites (tertiary alicyclic amines) is 1. The van der Waals surface area contributed by atoms with Crippen LogP contribution in [-0.4, -0.2) is 65.4 Å². The third kappa shape index (κ3) is 5.17. The average Bonchev–Trinajstić information content (AvgIpc) is 3.64. The minimum absolute atomic E-state index is 0.0000589. The number of benzene rings is 2. The maximum absolute atomic E-state index is 13.0. The van der Waals surface area contributed by atoms with Crippen LogP contribution in [-0.2, 0) is 6.42 Å². The van der Waals surface area contributed by atoms with Crippen LogP contribution < -0.4 is 10.1 Å². The highest BCUT2D eigenvalue weighted by atomic mass is 32.1. The molecule has 2 aromatic carbocycles. The van der Waals surface area contributed by atoms with Crippen molar-refractivity contribution in [3.8, 4) is 33.0 Å². The Kier molecular flexibility index (Phi) is 7.13. The molecule has 3 aromatic rings. The highest BCUT2D eigenvalue weighted by Gasteiger charge is 2.32. The lowest BCUT2D eigenvalue weighted by Gasteiger charge is -2.23.